The van der Waals surface area contributed by atoms with Gasteiger partial charge < -0.3 is 4.74 Å². The van der Waals surface area contributed by atoms with Gasteiger partial charge in [0.2, 0.25) is 0 Å². The predicted molar refractivity (Wildman–Crippen MR) is 87.9 cm³/mol. The summed E-state index contributed by atoms with van der Waals surface area (Å²) in [4.78, 5) is 12.2. The molecule has 0 aliphatic rings. The third kappa shape index (κ3) is 3.82. The summed E-state index contributed by atoms with van der Waals surface area (Å²) in [7, 11) is -1.72. The molecule has 110 valence electrons. The van der Waals surface area contributed by atoms with E-state index in [1.807, 2.05) is 19.1 Å². The van der Waals surface area contributed by atoms with Crippen molar-refractivity contribution in [2.24, 2.45) is 5.92 Å². The maximum absolute atomic E-state index is 12.2. The Hall–Kier alpha value is -1.35. The van der Waals surface area contributed by atoms with Gasteiger partial charge in [-0.25, -0.2) is 0 Å². The second kappa shape index (κ2) is 7.43. The molecule has 20 heavy (non-hydrogen) atoms. The van der Waals surface area contributed by atoms with Crippen LogP contribution in [-0.2, 0) is 9.53 Å². The molecule has 0 saturated carbocycles. The van der Waals surface area contributed by atoms with Gasteiger partial charge in [-0.2, -0.15) is 0 Å². The molecule has 0 aliphatic carbocycles. The molecular weight excluding hydrogens is 264 g/mol. The van der Waals surface area contributed by atoms with Crippen molar-refractivity contribution in [2.75, 3.05) is 6.61 Å². The minimum absolute atomic E-state index is 0.0867. The van der Waals surface area contributed by atoms with E-state index in [1.165, 1.54) is 5.19 Å². The van der Waals surface area contributed by atoms with Crippen LogP contribution in [0.15, 0.2) is 43.0 Å². The SMILES string of the molecule is C=CC[C@H](C(=O)OCC)[C@@H](C)[Si](C)(C)c1ccccc1. The molecule has 0 heterocycles. The summed E-state index contributed by atoms with van der Waals surface area (Å²) >= 11 is 0. The predicted octanol–water partition coefficient (Wildman–Crippen LogP) is 3.75. The third-order valence-electron chi connectivity index (χ3n) is 4.27. The van der Waals surface area contributed by atoms with Crippen molar-refractivity contribution < 1.29 is 9.53 Å². The zero-order chi connectivity index (χ0) is 15.2. The Kier molecular flexibility index (Phi) is 6.21. The molecule has 0 unspecified atom stereocenters. The number of carbonyl (C=O) groups excluding carboxylic acids is 1. The van der Waals surface area contributed by atoms with Gasteiger partial charge in [-0.05, 0) is 18.9 Å². The smallest absolute Gasteiger partial charge is 0.309 e. The van der Waals surface area contributed by atoms with Crippen LogP contribution in [0, 0.1) is 5.92 Å². The molecule has 2 atom stereocenters. The zero-order valence-corrected chi connectivity index (χ0v) is 14.1. The van der Waals surface area contributed by atoms with Crippen LogP contribution in [0.3, 0.4) is 0 Å². The van der Waals surface area contributed by atoms with Crippen molar-refractivity contribution in [1.82, 2.24) is 0 Å². The Labute approximate surface area is 123 Å². The molecule has 0 radical (unpaired) electrons. The fourth-order valence-electron chi connectivity index (χ4n) is 2.57. The van der Waals surface area contributed by atoms with Crippen LogP contribution in [0.1, 0.15) is 20.3 Å². The number of allylic oxidation sites excluding steroid dienone is 1. The van der Waals surface area contributed by atoms with Gasteiger partial charge in [0.25, 0.3) is 0 Å². The molecule has 0 fully saturated rings. The molecule has 0 saturated heterocycles. The van der Waals surface area contributed by atoms with E-state index in [4.69, 9.17) is 4.74 Å². The Bertz CT molecular complexity index is 440. The molecule has 0 spiro atoms. The molecular formula is C17H26O2Si. The summed E-state index contributed by atoms with van der Waals surface area (Å²) in [6, 6.07) is 10.5. The van der Waals surface area contributed by atoms with Crippen molar-refractivity contribution in [2.45, 2.75) is 38.9 Å². The van der Waals surface area contributed by atoms with Crippen molar-refractivity contribution in [1.29, 1.82) is 0 Å². The Balaban J connectivity index is 3.01. The first kappa shape index (κ1) is 16.7. The van der Waals surface area contributed by atoms with Crippen molar-refractivity contribution >= 4 is 19.2 Å². The van der Waals surface area contributed by atoms with E-state index in [1.54, 1.807) is 0 Å². The van der Waals surface area contributed by atoms with Crippen molar-refractivity contribution in [3.8, 4) is 0 Å². The fourth-order valence-corrected chi connectivity index (χ4v) is 5.42. The molecule has 1 aromatic rings. The number of esters is 1. The van der Waals surface area contributed by atoms with Gasteiger partial charge in [0.1, 0.15) is 0 Å². The normalized spacial score (nSPS) is 14.4. The second-order valence-electron chi connectivity index (χ2n) is 5.76. The van der Waals surface area contributed by atoms with Crippen LogP contribution < -0.4 is 5.19 Å². The first-order valence-corrected chi connectivity index (χ1v) is 10.4. The zero-order valence-electron chi connectivity index (χ0n) is 13.1. The number of hydrogen-bond acceptors (Lipinski definition) is 2. The molecule has 0 N–H and O–H groups in total. The number of carbonyl (C=O) groups is 1. The lowest BCUT2D eigenvalue weighted by atomic mass is 10.0. The summed E-state index contributed by atoms with van der Waals surface area (Å²) in [5, 5.41) is 1.38. The summed E-state index contributed by atoms with van der Waals surface area (Å²) < 4.78 is 5.24. The van der Waals surface area contributed by atoms with E-state index in [0.29, 0.717) is 18.6 Å². The first-order chi connectivity index (χ1) is 9.45. The van der Waals surface area contributed by atoms with E-state index in [9.17, 15) is 4.79 Å². The quantitative estimate of drug-likeness (QED) is 0.434. The van der Waals surface area contributed by atoms with Gasteiger partial charge in [-0.15, -0.1) is 6.58 Å². The summed E-state index contributed by atoms with van der Waals surface area (Å²) in [5.74, 6) is -0.175. The molecule has 1 rings (SSSR count). The average molecular weight is 290 g/mol. The lowest BCUT2D eigenvalue weighted by Crippen LogP contribution is -2.48. The van der Waals surface area contributed by atoms with Gasteiger partial charge in [0.15, 0.2) is 0 Å². The van der Waals surface area contributed by atoms with Crippen LogP contribution in [0.4, 0.5) is 0 Å². The number of hydrogen-bond donors (Lipinski definition) is 0. The first-order valence-electron chi connectivity index (χ1n) is 7.28. The van der Waals surface area contributed by atoms with Crippen molar-refractivity contribution in [3.05, 3.63) is 43.0 Å². The molecule has 3 heteroatoms. The molecule has 0 aromatic heterocycles. The number of rotatable bonds is 7. The summed E-state index contributed by atoms with van der Waals surface area (Å²) in [5.41, 5.74) is 0.307. The lowest BCUT2D eigenvalue weighted by molar-refractivity contribution is -0.148. The van der Waals surface area contributed by atoms with Gasteiger partial charge in [0.05, 0.1) is 20.6 Å². The largest absolute Gasteiger partial charge is 0.466 e. The summed E-state index contributed by atoms with van der Waals surface area (Å²) in [6.07, 6.45) is 2.51. The topological polar surface area (TPSA) is 26.3 Å². The Morgan fingerprint density at radius 1 is 1.35 bits per heavy atom. The van der Waals surface area contributed by atoms with Crippen LogP contribution in [0.2, 0.25) is 18.6 Å². The molecule has 1 aromatic carbocycles. The Morgan fingerprint density at radius 3 is 2.45 bits per heavy atom. The van der Waals surface area contributed by atoms with E-state index < -0.39 is 8.07 Å². The highest BCUT2D eigenvalue weighted by atomic mass is 28.3. The van der Waals surface area contributed by atoms with E-state index in [0.717, 1.165) is 0 Å². The highest BCUT2D eigenvalue weighted by Crippen LogP contribution is 2.32. The maximum Gasteiger partial charge on any atom is 0.309 e. The van der Waals surface area contributed by atoms with Gasteiger partial charge in [-0.3, -0.25) is 4.79 Å². The molecule has 0 aliphatic heterocycles. The minimum Gasteiger partial charge on any atom is -0.466 e. The highest BCUT2D eigenvalue weighted by Gasteiger charge is 2.38. The molecule has 2 nitrogen and oxygen atoms in total. The second-order valence-corrected chi connectivity index (χ2v) is 10.7. The van der Waals surface area contributed by atoms with Crippen LogP contribution >= 0.6 is 0 Å². The fraction of sp³-hybridized carbons (Fsp3) is 0.471. The van der Waals surface area contributed by atoms with Crippen molar-refractivity contribution in [3.63, 3.8) is 0 Å². The lowest BCUT2D eigenvalue weighted by Gasteiger charge is -2.34. The van der Waals surface area contributed by atoms with E-state index >= 15 is 0 Å². The molecule has 0 amide bonds. The highest BCUT2D eigenvalue weighted by molar-refractivity contribution is 6.91. The van der Waals surface area contributed by atoms with Gasteiger partial charge >= 0.3 is 5.97 Å². The third-order valence-corrected chi connectivity index (χ3v) is 8.77. The van der Waals surface area contributed by atoms with Gasteiger partial charge in [-0.1, -0.05) is 61.6 Å². The van der Waals surface area contributed by atoms with Crippen LogP contribution in [-0.4, -0.2) is 20.7 Å². The van der Waals surface area contributed by atoms with Gasteiger partial charge in [0, 0.05) is 0 Å². The van der Waals surface area contributed by atoms with E-state index in [-0.39, 0.29) is 11.9 Å². The monoisotopic (exact) mass is 290 g/mol. The standard InChI is InChI=1S/C17H26O2Si/c1-6-11-16(17(18)19-7-2)14(3)20(4,5)15-12-9-8-10-13-15/h6,8-10,12-14,16H,1,7,11H2,2-5H3/t14-,16+/m1/s1. The Morgan fingerprint density at radius 2 is 1.95 bits per heavy atom. The minimum atomic E-state index is -1.72. The van der Waals surface area contributed by atoms with E-state index in [2.05, 4.69) is 50.9 Å². The summed E-state index contributed by atoms with van der Waals surface area (Å²) in [6.45, 7) is 12.9. The van der Waals surface area contributed by atoms with Crippen LogP contribution in [0.25, 0.3) is 0 Å². The number of benzene rings is 1. The number of ether oxygens (including phenoxy) is 1. The average Bonchev–Trinajstić information content (AvgIpc) is 2.45. The van der Waals surface area contributed by atoms with Crippen LogP contribution in [0.5, 0.6) is 0 Å². The molecule has 0 bridgehead atoms. The maximum atomic E-state index is 12.2.